The number of carboxylic acid groups (broad SMARTS) is 1. The van der Waals surface area contributed by atoms with E-state index in [-0.39, 0.29) is 30.2 Å². The number of carbonyl (C=O) groups excluding carboxylic acids is 1. The molecule has 1 aromatic carbocycles. The van der Waals surface area contributed by atoms with Crippen molar-refractivity contribution in [2.24, 2.45) is 0 Å². The van der Waals surface area contributed by atoms with Crippen LogP contribution in [0.4, 0.5) is 11.4 Å². The van der Waals surface area contributed by atoms with Gasteiger partial charge in [0, 0.05) is 24.6 Å². The van der Waals surface area contributed by atoms with Crippen molar-refractivity contribution in [2.45, 2.75) is 25.7 Å². The van der Waals surface area contributed by atoms with Crippen molar-refractivity contribution in [1.29, 1.82) is 0 Å². The SMILES string of the molecule is COc1ccc(NC(=O)CCCCC(=O)O)cc1[N+](=O)[O-]. The highest BCUT2D eigenvalue weighted by atomic mass is 16.6. The molecule has 0 unspecified atom stereocenters. The van der Waals surface area contributed by atoms with E-state index in [2.05, 4.69) is 5.32 Å². The van der Waals surface area contributed by atoms with Gasteiger partial charge >= 0.3 is 11.7 Å². The summed E-state index contributed by atoms with van der Waals surface area (Å²) in [5, 5.41) is 21.9. The molecule has 0 spiro atoms. The molecule has 0 saturated heterocycles. The number of ether oxygens (including phenoxy) is 1. The Balaban J connectivity index is 2.58. The molecule has 1 amide bonds. The van der Waals surface area contributed by atoms with Crippen LogP contribution in [0.5, 0.6) is 5.75 Å². The number of carbonyl (C=O) groups is 2. The molecule has 0 aliphatic rings. The predicted molar refractivity (Wildman–Crippen MR) is 74.4 cm³/mol. The lowest BCUT2D eigenvalue weighted by Crippen LogP contribution is -2.11. The Labute approximate surface area is 120 Å². The molecule has 0 fully saturated rings. The van der Waals surface area contributed by atoms with Gasteiger partial charge in [-0.05, 0) is 25.0 Å². The number of amides is 1. The number of nitrogens with zero attached hydrogens (tertiary/aromatic N) is 1. The Hall–Kier alpha value is -2.64. The fourth-order valence-corrected chi connectivity index (χ4v) is 1.70. The molecular formula is C13H16N2O6. The maximum atomic E-state index is 11.6. The smallest absolute Gasteiger partial charge is 0.312 e. The summed E-state index contributed by atoms with van der Waals surface area (Å²) in [6, 6.07) is 4.12. The molecule has 0 aromatic heterocycles. The molecular weight excluding hydrogens is 280 g/mol. The van der Waals surface area contributed by atoms with Crippen LogP contribution in [0.3, 0.4) is 0 Å². The predicted octanol–water partition coefficient (Wildman–Crippen LogP) is 2.19. The van der Waals surface area contributed by atoms with E-state index in [1.165, 1.54) is 25.3 Å². The average Bonchev–Trinajstić information content (AvgIpc) is 2.43. The average molecular weight is 296 g/mol. The van der Waals surface area contributed by atoms with Gasteiger partial charge in [0.1, 0.15) is 0 Å². The van der Waals surface area contributed by atoms with Crippen LogP contribution in [-0.4, -0.2) is 29.0 Å². The first-order valence-corrected chi connectivity index (χ1v) is 6.28. The van der Waals surface area contributed by atoms with E-state index in [0.29, 0.717) is 18.5 Å². The number of methoxy groups -OCH3 is 1. The van der Waals surface area contributed by atoms with Crippen LogP contribution in [0.15, 0.2) is 18.2 Å². The number of hydrogen-bond acceptors (Lipinski definition) is 5. The first kappa shape index (κ1) is 16.4. The van der Waals surface area contributed by atoms with Crippen molar-refractivity contribution in [1.82, 2.24) is 0 Å². The number of aliphatic carboxylic acids is 1. The molecule has 114 valence electrons. The van der Waals surface area contributed by atoms with Gasteiger partial charge in [0.15, 0.2) is 5.75 Å². The fourth-order valence-electron chi connectivity index (χ4n) is 1.70. The Kier molecular flexibility index (Phi) is 6.12. The maximum absolute atomic E-state index is 11.6. The fraction of sp³-hybridized carbons (Fsp3) is 0.385. The topological polar surface area (TPSA) is 119 Å². The summed E-state index contributed by atoms with van der Waals surface area (Å²) >= 11 is 0. The lowest BCUT2D eigenvalue weighted by atomic mass is 10.2. The number of hydrogen-bond donors (Lipinski definition) is 2. The van der Waals surface area contributed by atoms with E-state index in [0.717, 1.165) is 0 Å². The van der Waals surface area contributed by atoms with Crippen molar-refractivity contribution in [3.63, 3.8) is 0 Å². The standard InChI is InChI=1S/C13H16N2O6/c1-21-11-7-6-9(8-10(11)15(19)20)14-12(16)4-2-3-5-13(17)18/h6-8H,2-5H2,1H3,(H,14,16)(H,17,18). The molecule has 1 aromatic rings. The van der Waals surface area contributed by atoms with E-state index in [1.54, 1.807) is 0 Å². The first-order valence-electron chi connectivity index (χ1n) is 6.28. The zero-order valence-electron chi connectivity index (χ0n) is 11.5. The minimum atomic E-state index is -0.902. The largest absolute Gasteiger partial charge is 0.490 e. The second kappa shape index (κ2) is 7.83. The van der Waals surface area contributed by atoms with Crippen molar-refractivity contribution < 1.29 is 24.4 Å². The third-order valence-corrected chi connectivity index (χ3v) is 2.70. The Morgan fingerprint density at radius 3 is 2.57 bits per heavy atom. The lowest BCUT2D eigenvalue weighted by molar-refractivity contribution is -0.385. The minimum absolute atomic E-state index is 0.0152. The Morgan fingerprint density at radius 1 is 1.33 bits per heavy atom. The third kappa shape index (κ3) is 5.47. The number of rotatable bonds is 8. The second-order valence-corrected chi connectivity index (χ2v) is 4.29. The van der Waals surface area contributed by atoms with E-state index < -0.39 is 10.9 Å². The van der Waals surface area contributed by atoms with Crippen molar-refractivity contribution >= 4 is 23.3 Å². The minimum Gasteiger partial charge on any atom is -0.490 e. The monoisotopic (exact) mass is 296 g/mol. The highest BCUT2D eigenvalue weighted by Gasteiger charge is 2.16. The highest BCUT2D eigenvalue weighted by molar-refractivity contribution is 5.91. The summed E-state index contributed by atoms with van der Waals surface area (Å²) in [7, 11) is 1.32. The van der Waals surface area contributed by atoms with Crippen molar-refractivity contribution in [3.05, 3.63) is 28.3 Å². The van der Waals surface area contributed by atoms with Crippen molar-refractivity contribution in [3.8, 4) is 5.75 Å². The molecule has 0 radical (unpaired) electrons. The van der Waals surface area contributed by atoms with Gasteiger partial charge in [0.2, 0.25) is 5.91 Å². The van der Waals surface area contributed by atoms with Crippen LogP contribution in [0, 0.1) is 10.1 Å². The van der Waals surface area contributed by atoms with E-state index >= 15 is 0 Å². The summed E-state index contributed by atoms with van der Waals surface area (Å²) in [5.41, 5.74) is 0.0620. The molecule has 1 rings (SSSR count). The quantitative estimate of drug-likeness (QED) is 0.431. The number of anilines is 1. The second-order valence-electron chi connectivity index (χ2n) is 4.29. The number of benzene rings is 1. The van der Waals surface area contributed by atoms with Crippen LogP contribution in [0.2, 0.25) is 0 Å². The number of nitro benzene ring substituents is 1. The molecule has 0 heterocycles. The van der Waals surface area contributed by atoms with Crippen LogP contribution in [-0.2, 0) is 9.59 Å². The van der Waals surface area contributed by atoms with E-state index in [1.807, 2.05) is 0 Å². The molecule has 8 nitrogen and oxygen atoms in total. The lowest BCUT2D eigenvalue weighted by Gasteiger charge is -2.07. The number of unbranched alkanes of at least 4 members (excludes halogenated alkanes) is 1. The molecule has 0 bridgehead atoms. The van der Waals surface area contributed by atoms with Crippen LogP contribution in [0.25, 0.3) is 0 Å². The van der Waals surface area contributed by atoms with Gasteiger partial charge < -0.3 is 15.2 Å². The number of carboxylic acids is 1. The molecule has 0 saturated carbocycles. The van der Waals surface area contributed by atoms with Gasteiger partial charge in [0.25, 0.3) is 0 Å². The summed E-state index contributed by atoms with van der Waals surface area (Å²) in [5.74, 6) is -1.11. The van der Waals surface area contributed by atoms with Gasteiger partial charge in [-0.3, -0.25) is 19.7 Å². The summed E-state index contributed by atoms with van der Waals surface area (Å²) in [6.45, 7) is 0. The third-order valence-electron chi connectivity index (χ3n) is 2.70. The summed E-state index contributed by atoms with van der Waals surface area (Å²) in [6.07, 6.45) is 1.02. The molecule has 8 heteroatoms. The first-order chi connectivity index (χ1) is 9.93. The van der Waals surface area contributed by atoms with Gasteiger partial charge in [-0.25, -0.2) is 0 Å². The van der Waals surface area contributed by atoms with Crippen LogP contribution in [0.1, 0.15) is 25.7 Å². The maximum Gasteiger partial charge on any atom is 0.312 e. The van der Waals surface area contributed by atoms with Gasteiger partial charge in [-0.2, -0.15) is 0 Å². The molecule has 0 aliphatic carbocycles. The van der Waals surface area contributed by atoms with Crippen LogP contribution >= 0.6 is 0 Å². The van der Waals surface area contributed by atoms with Gasteiger partial charge in [-0.15, -0.1) is 0 Å². The summed E-state index contributed by atoms with van der Waals surface area (Å²) < 4.78 is 4.86. The van der Waals surface area contributed by atoms with Gasteiger partial charge in [0.05, 0.1) is 12.0 Å². The van der Waals surface area contributed by atoms with Crippen molar-refractivity contribution in [2.75, 3.05) is 12.4 Å². The normalized spacial score (nSPS) is 9.95. The summed E-state index contributed by atoms with van der Waals surface area (Å²) in [4.78, 5) is 32.2. The Bertz CT molecular complexity index is 543. The molecule has 2 N–H and O–H groups in total. The van der Waals surface area contributed by atoms with E-state index in [4.69, 9.17) is 9.84 Å². The zero-order chi connectivity index (χ0) is 15.8. The van der Waals surface area contributed by atoms with Crippen LogP contribution < -0.4 is 10.1 Å². The highest BCUT2D eigenvalue weighted by Crippen LogP contribution is 2.29. The number of nitro groups is 1. The molecule has 0 aliphatic heterocycles. The molecule has 0 atom stereocenters. The van der Waals surface area contributed by atoms with Gasteiger partial charge in [-0.1, -0.05) is 0 Å². The zero-order valence-corrected chi connectivity index (χ0v) is 11.5. The Morgan fingerprint density at radius 2 is 2.00 bits per heavy atom. The van der Waals surface area contributed by atoms with E-state index in [9.17, 15) is 19.7 Å². The number of nitrogens with one attached hydrogen (secondary N) is 1. The molecule has 21 heavy (non-hydrogen) atoms.